The molecule has 1 amide bonds. The number of aliphatic hydroxyl groups is 1. The Bertz CT molecular complexity index is 771. The van der Waals surface area contributed by atoms with Crippen LogP contribution in [-0.2, 0) is 11.2 Å². The molecule has 3 aliphatic rings. The number of hydrogen-bond acceptors (Lipinski definition) is 3. The fourth-order valence-electron chi connectivity index (χ4n) is 4.28. The van der Waals surface area contributed by atoms with Gasteiger partial charge in [0.25, 0.3) is 0 Å². The van der Waals surface area contributed by atoms with E-state index in [4.69, 9.17) is 0 Å². The Kier molecular flexibility index (Phi) is 4.83. The Morgan fingerprint density at radius 1 is 1.12 bits per heavy atom. The van der Waals surface area contributed by atoms with Crippen molar-refractivity contribution in [3.8, 4) is 0 Å². The van der Waals surface area contributed by atoms with Crippen LogP contribution in [0.2, 0.25) is 0 Å². The molecular formula is C22H26N2O2. The van der Waals surface area contributed by atoms with Gasteiger partial charge in [-0.25, -0.2) is 0 Å². The van der Waals surface area contributed by atoms with E-state index in [-0.39, 0.29) is 18.1 Å². The van der Waals surface area contributed by atoms with Crippen LogP contribution in [0.15, 0.2) is 65.3 Å². The average Bonchev–Trinajstić information content (AvgIpc) is 2.62. The van der Waals surface area contributed by atoms with Crippen molar-refractivity contribution in [3.63, 3.8) is 0 Å². The highest BCUT2D eigenvalue weighted by Crippen LogP contribution is 2.33. The lowest BCUT2D eigenvalue weighted by Gasteiger charge is -2.36. The van der Waals surface area contributed by atoms with Crippen molar-refractivity contribution in [2.24, 2.45) is 5.92 Å². The molecule has 0 spiro atoms. The van der Waals surface area contributed by atoms with Crippen LogP contribution in [0.4, 0.5) is 0 Å². The number of hydrogen-bond donors (Lipinski definition) is 2. The molecule has 0 saturated heterocycles. The van der Waals surface area contributed by atoms with Crippen LogP contribution in [-0.4, -0.2) is 22.5 Å². The summed E-state index contributed by atoms with van der Waals surface area (Å²) in [5, 5.41) is 13.4. The number of rotatable bonds is 4. The number of nitrogens with one attached hydrogen (secondary N) is 1. The Hall–Kier alpha value is -2.49. The summed E-state index contributed by atoms with van der Waals surface area (Å²) in [6.07, 6.45) is 11.5. The fourth-order valence-corrected chi connectivity index (χ4v) is 4.28. The SMILES string of the molecule is O=C1CC(O)=C2C(=CC(Cc3ccccc3)=CN2CC2CCCCC2)N1. The van der Waals surface area contributed by atoms with Crippen molar-refractivity contribution in [3.05, 3.63) is 70.9 Å². The number of amides is 1. The molecule has 0 unspecified atom stereocenters. The number of carbonyl (C=O) groups is 1. The summed E-state index contributed by atoms with van der Waals surface area (Å²) in [7, 11) is 0. The van der Waals surface area contributed by atoms with E-state index >= 15 is 0 Å². The predicted octanol–water partition coefficient (Wildman–Crippen LogP) is 4.18. The summed E-state index contributed by atoms with van der Waals surface area (Å²) in [5.41, 5.74) is 3.92. The van der Waals surface area contributed by atoms with Crippen molar-refractivity contribution in [1.29, 1.82) is 0 Å². The fraction of sp³-hybridized carbons (Fsp3) is 0.409. The molecule has 2 heterocycles. The smallest absolute Gasteiger partial charge is 0.232 e. The Balaban J connectivity index is 1.62. The zero-order valence-corrected chi connectivity index (χ0v) is 15.1. The molecule has 0 radical (unpaired) electrons. The van der Waals surface area contributed by atoms with Gasteiger partial charge in [0.1, 0.15) is 11.5 Å². The molecule has 0 bridgehead atoms. The van der Waals surface area contributed by atoms with Gasteiger partial charge in [-0.05, 0) is 42.4 Å². The van der Waals surface area contributed by atoms with Crippen molar-refractivity contribution in [2.75, 3.05) is 6.54 Å². The van der Waals surface area contributed by atoms with Crippen LogP contribution in [0, 0.1) is 5.92 Å². The second kappa shape index (κ2) is 7.40. The molecule has 4 heteroatoms. The van der Waals surface area contributed by atoms with E-state index < -0.39 is 0 Å². The lowest BCUT2D eigenvalue weighted by atomic mass is 9.88. The third kappa shape index (κ3) is 3.69. The Labute approximate surface area is 154 Å². The maximum absolute atomic E-state index is 11.9. The van der Waals surface area contributed by atoms with Crippen LogP contribution < -0.4 is 5.32 Å². The van der Waals surface area contributed by atoms with Gasteiger partial charge in [-0.2, -0.15) is 0 Å². The first-order valence-corrected chi connectivity index (χ1v) is 9.64. The van der Waals surface area contributed by atoms with E-state index in [0.29, 0.717) is 5.92 Å². The molecule has 0 atom stereocenters. The first kappa shape index (κ1) is 17.0. The summed E-state index contributed by atoms with van der Waals surface area (Å²) in [6.45, 7) is 0.908. The molecule has 26 heavy (non-hydrogen) atoms. The van der Waals surface area contributed by atoms with Gasteiger partial charge >= 0.3 is 0 Å². The molecular weight excluding hydrogens is 324 g/mol. The zero-order chi connectivity index (χ0) is 17.9. The quantitative estimate of drug-likeness (QED) is 0.856. The van der Waals surface area contributed by atoms with Crippen molar-refractivity contribution >= 4 is 5.91 Å². The molecule has 136 valence electrons. The largest absolute Gasteiger partial charge is 0.510 e. The molecule has 4 nitrogen and oxygen atoms in total. The van der Waals surface area contributed by atoms with E-state index in [1.807, 2.05) is 24.3 Å². The molecule has 1 fully saturated rings. The summed E-state index contributed by atoms with van der Waals surface area (Å²) in [5.74, 6) is 0.692. The first-order chi connectivity index (χ1) is 12.7. The van der Waals surface area contributed by atoms with Crippen molar-refractivity contribution in [2.45, 2.75) is 44.9 Å². The van der Waals surface area contributed by atoms with Crippen LogP contribution in [0.25, 0.3) is 0 Å². The van der Waals surface area contributed by atoms with Gasteiger partial charge in [0.15, 0.2) is 0 Å². The molecule has 1 aliphatic carbocycles. The predicted molar refractivity (Wildman–Crippen MR) is 102 cm³/mol. The molecule has 2 N–H and O–H groups in total. The highest BCUT2D eigenvalue weighted by molar-refractivity contribution is 5.83. The van der Waals surface area contributed by atoms with E-state index in [2.05, 4.69) is 28.5 Å². The van der Waals surface area contributed by atoms with E-state index in [1.54, 1.807) is 0 Å². The van der Waals surface area contributed by atoms with E-state index in [1.165, 1.54) is 37.7 Å². The van der Waals surface area contributed by atoms with Gasteiger partial charge in [0, 0.05) is 12.7 Å². The summed E-state index contributed by atoms with van der Waals surface area (Å²) < 4.78 is 0. The summed E-state index contributed by atoms with van der Waals surface area (Å²) in [4.78, 5) is 14.1. The summed E-state index contributed by atoms with van der Waals surface area (Å²) in [6, 6.07) is 10.4. The number of benzene rings is 1. The normalized spacial score (nSPS) is 21.1. The minimum atomic E-state index is -0.143. The van der Waals surface area contributed by atoms with E-state index in [9.17, 15) is 9.90 Å². The highest BCUT2D eigenvalue weighted by atomic mass is 16.3. The maximum atomic E-state index is 11.9. The van der Waals surface area contributed by atoms with Gasteiger partial charge < -0.3 is 15.3 Å². The summed E-state index contributed by atoms with van der Waals surface area (Å²) >= 11 is 0. The van der Waals surface area contributed by atoms with E-state index in [0.717, 1.165) is 29.9 Å². The van der Waals surface area contributed by atoms with Gasteiger partial charge in [-0.1, -0.05) is 49.6 Å². The van der Waals surface area contributed by atoms with Crippen LogP contribution >= 0.6 is 0 Å². The van der Waals surface area contributed by atoms with Crippen LogP contribution in [0.5, 0.6) is 0 Å². The second-order valence-electron chi connectivity index (χ2n) is 7.60. The molecule has 1 saturated carbocycles. The molecule has 1 aromatic rings. The zero-order valence-electron chi connectivity index (χ0n) is 15.1. The maximum Gasteiger partial charge on any atom is 0.232 e. The highest BCUT2D eigenvalue weighted by Gasteiger charge is 2.30. The van der Waals surface area contributed by atoms with Gasteiger partial charge in [0.05, 0.1) is 12.1 Å². The lowest BCUT2D eigenvalue weighted by Crippen LogP contribution is -2.38. The van der Waals surface area contributed by atoms with Gasteiger partial charge in [0.2, 0.25) is 5.91 Å². The van der Waals surface area contributed by atoms with Gasteiger partial charge in [-0.3, -0.25) is 4.79 Å². The number of nitrogens with zero attached hydrogens (tertiary/aromatic N) is 1. The van der Waals surface area contributed by atoms with Crippen LogP contribution in [0.3, 0.4) is 0 Å². The molecule has 2 aliphatic heterocycles. The number of carbonyl (C=O) groups excluding carboxylic acids is 1. The average molecular weight is 350 g/mol. The van der Waals surface area contributed by atoms with Crippen molar-refractivity contribution < 1.29 is 9.90 Å². The minimum absolute atomic E-state index is 0.0652. The number of allylic oxidation sites excluding steroid dienone is 2. The first-order valence-electron chi connectivity index (χ1n) is 9.64. The Morgan fingerprint density at radius 2 is 1.88 bits per heavy atom. The van der Waals surface area contributed by atoms with Gasteiger partial charge in [-0.15, -0.1) is 0 Å². The third-order valence-electron chi connectivity index (χ3n) is 5.50. The third-order valence-corrected chi connectivity index (χ3v) is 5.50. The monoisotopic (exact) mass is 350 g/mol. The van der Waals surface area contributed by atoms with Crippen molar-refractivity contribution in [1.82, 2.24) is 10.2 Å². The molecule has 4 rings (SSSR count). The minimum Gasteiger partial charge on any atom is -0.510 e. The molecule has 0 aromatic heterocycles. The Morgan fingerprint density at radius 3 is 2.65 bits per heavy atom. The number of fused-ring (bicyclic) bond motifs is 1. The lowest BCUT2D eigenvalue weighted by molar-refractivity contribution is -0.120. The number of aliphatic hydroxyl groups excluding tert-OH is 1. The van der Waals surface area contributed by atoms with Crippen LogP contribution in [0.1, 0.15) is 44.1 Å². The topological polar surface area (TPSA) is 52.6 Å². The molecule has 1 aromatic carbocycles. The standard InChI is InChI=1S/C22H26N2O2/c25-20-13-21(26)23-19-12-18(11-16-7-3-1-4-8-16)15-24(22(19)20)14-17-9-5-2-6-10-17/h1,3-4,7-8,12,15,17,25H,2,5-6,9-11,13-14H2,(H,23,26). The second-order valence-corrected chi connectivity index (χ2v) is 7.60.